The van der Waals surface area contributed by atoms with Gasteiger partial charge in [-0.3, -0.25) is 9.59 Å². The van der Waals surface area contributed by atoms with Crippen molar-refractivity contribution in [2.45, 2.75) is 32.6 Å². The quantitative estimate of drug-likeness (QED) is 0.212. The van der Waals surface area contributed by atoms with E-state index >= 15 is 0 Å². The van der Waals surface area contributed by atoms with Crippen molar-refractivity contribution in [3.05, 3.63) is 22.1 Å². The Hall–Kier alpha value is -2.01. The van der Waals surface area contributed by atoms with E-state index in [1.165, 1.54) is 0 Å². The fourth-order valence-electron chi connectivity index (χ4n) is 1.24. The standard InChI is InChI=1S/C11H19N5O2/c1-9(11(12)18)6-4-2-3-5-7-14-10(17)8-15-16-13/h6H,2-5,7-8H2,1H3,(H2,12,18)(H,14,17). The van der Waals surface area contributed by atoms with Gasteiger partial charge in [0, 0.05) is 17.0 Å². The van der Waals surface area contributed by atoms with Crippen LogP contribution < -0.4 is 11.1 Å². The van der Waals surface area contributed by atoms with E-state index in [9.17, 15) is 9.59 Å². The Labute approximate surface area is 106 Å². The summed E-state index contributed by atoms with van der Waals surface area (Å²) in [6.07, 6.45) is 5.37. The molecule has 0 radical (unpaired) electrons. The van der Waals surface area contributed by atoms with Crippen LogP contribution in [0, 0.1) is 0 Å². The molecule has 0 aromatic carbocycles. The van der Waals surface area contributed by atoms with E-state index in [2.05, 4.69) is 15.3 Å². The van der Waals surface area contributed by atoms with E-state index in [1.807, 2.05) is 6.08 Å². The van der Waals surface area contributed by atoms with Crippen molar-refractivity contribution in [2.75, 3.05) is 13.1 Å². The summed E-state index contributed by atoms with van der Waals surface area (Å²) < 4.78 is 0. The first-order chi connectivity index (χ1) is 8.57. The second-order valence-corrected chi connectivity index (χ2v) is 3.84. The number of azide groups is 1. The van der Waals surface area contributed by atoms with E-state index < -0.39 is 0 Å². The molecule has 0 bridgehead atoms. The van der Waals surface area contributed by atoms with Crippen LogP contribution in [0.25, 0.3) is 10.4 Å². The molecule has 3 N–H and O–H groups in total. The first-order valence-electron chi connectivity index (χ1n) is 5.82. The summed E-state index contributed by atoms with van der Waals surface area (Å²) in [6.45, 7) is 2.10. The minimum absolute atomic E-state index is 0.156. The first kappa shape index (κ1) is 16.0. The molecule has 0 unspecified atom stereocenters. The zero-order valence-electron chi connectivity index (χ0n) is 10.6. The van der Waals surface area contributed by atoms with Gasteiger partial charge in [0.1, 0.15) is 6.54 Å². The van der Waals surface area contributed by atoms with Gasteiger partial charge in [0.05, 0.1) is 0 Å². The predicted octanol–water partition coefficient (Wildman–Crippen LogP) is 1.40. The lowest BCUT2D eigenvalue weighted by Crippen LogP contribution is -2.26. The molecule has 100 valence electrons. The van der Waals surface area contributed by atoms with Crippen LogP contribution in [0.2, 0.25) is 0 Å². The highest BCUT2D eigenvalue weighted by Crippen LogP contribution is 2.02. The Morgan fingerprint density at radius 2 is 2.11 bits per heavy atom. The van der Waals surface area contributed by atoms with Gasteiger partial charge in [0.25, 0.3) is 0 Å². The fourth-order valence-corrected chi connectivity index (χ4v) is 1.24. The van der Waals surface area contributed by atoms with Gasteiger partial charge in [-0.15, -0.1) is 0 Å². The van der Waals surface area contributed by atoms with Gasteiger partial charge in [0.2, 0.25) is 11.8 Å². The maximum absolute atomic E-state index is 11.0. The smallest absolute Gasteiger partial charge is 0.244 e. The zero-order chi connectivity index (χ0) is 13.8. The largest absolute Gasteiger partial charge is 0.366 e. The number of hydrogen-bond acceptors (Lipinski definition) is 3. The number of carbonyl (C=O) groups is 2. The van der Waals surface area contributed by atoms with Crippen molar-refractivity contribution in [1.29, 1.82) is 0 Å². The molecule has 0 saturated heterocycles. The normalized spacial score (nSPS) is 10.6. The average molecular weight is 253 g/mol. The molecule has 0 aliphatic heterocycles. The second kappa shape index (κ2) is 10.2. The third kappa shape index (κ3) is 9.23. The van der Waals surface area contributed by atoms with Gasteiger partial charge in [0.15, 0.2) is 0 Å². The Morgan fingerprint density at radius 1 is 1.39 bits per heavy atom. The van der Waals surface area contributed by atoms with Crippen LogP contribution in [0.1, 0.15) is 32.6 Å². The van der Waals surface area contributed by atoms with Crippen LogP contribution in [0.3, 0.4) is 0 Å². The molecule has 0 rings (SSSR count). The van der Waals surface area contributed by atoms with E-state index in [0.29, 0.717) is 12.1 Å². The van der Waals surface area contributed by atoms with Crippen LogP contribution >= 0.6 is 0 Å². The lowest BCUT2D eigenvalue weighted by molar-refractivity contribution is -0.119. The van der Waals surface area contributed by atoms with E-state index in [0.717, 1.165) is 25.7 Å². The molecular weight excluding hydrogens is 234 g/mol. The maximum atomic E-state index is 11.0. The van der Waals surface area contributed by atoms with Gasteiger partial charge < -0.3 is 11.1 Å². The number of nitrogens with one attached hydrogen (secondary N) is 1. The highest BCUT2D eigenvalue weighted by Gasteiger charge is 1.98. The average Bonchev–Trinajstić information content (AvgIpc) is 2.34. The minimum atomic E-state index is -0.389. The Kier molecular flexibility index (Phi) is 9.03. The topological polar surface area (TPSA) is 121 Å². The number of nitrogens with two attached hydrogens (primary N) is 1. The van der Waals surface area contributed by atoms with Crippen molar-refractivity contribution in [3.63, 3.8) is 0 Å². The van der Waals surface area contributed by atoms with Crippen molar-refractivity contribution >= 4 is 11.8 Å². The monoisotopic (exact) mass is 253 g/mol. The lowest BCUT2D eigenvalue weighted by atomic mass is 10.1. The number of nitrogens with zero attached hydrogens (tertiary/aromatic N) is 3. The number of carbonyl (C=O) groups excluding carboxylic acids is 2. The lowest BCUT2D eigenvalue weighted by Gasteiger charge is -2.02. The molecule has 0 aliphatic rings. The van der Waals surface area contributed by atoms with Crippen molar-refractivity contribution < 1.29 is 9.59 Å². The summed E-state index contributed by atoms with van der Waals surface area (Å²) in [5.74, 6) is -0.655. The SMILES string of the molecule is CC(=CCCCCCNC(=O)CN=[N+]=[N-])C(N)=O. The Bertz CT molecular complexity index is 358. The molecule has 0 saturated carbocycles. The van der Waals surface area contributed by atoms with Crippen LogP contribution in [-0.2, 0) is 9.59 Å². The summed E-state index contributed by atoms with van der Waals surface area (Å²) in [6, 6.07) is 0. The molecule has 0 heterocycles. The molecule has 7 heteroatoms. The molecule has 0 aromatic heterocycles. The molecule has 0 fully saturated rings. The number of amides is 2. The maximum Gasteiger partial charge on any atom is 0.244 e. The summed E-state index contributed by atoms with van der Waals surface area (Å²) in [5.41, 5.74) is 13.7. The van der Waals surface area contributed by atoms with Crippen molar-refractivity contribution in [1.82, 2.24) is 5.32 Å². The Balaban J connectivity index is 3.47. The van der Waals surface area contributed by atoms with Gasteiger partial charge >= 0.3 is 0 Å². The van der Waals surface area contributed by atoms with Crippen LogP contribution in [0.5, 0.6) is 0 Å². The summed E-state index contributed by atoms with van der Waals surface area (Å²) in [5, 5.41) is 5.79. The number of rotatable bonds is 9. The van der Waals surface area contributed by atoms with Crippen molar-refractivity contribution in [3.8, 4) is 0 Å². The third-order valence-electron chi connectivity index (χ3n) is 2.32. The molecule has 18 heavy (non-hydrogen) atoms. The summed E-state index contributed by atoms with van der Waals surface area (Å²) in [7, 11) is 0. The second-order valence-electron chi connectivity index (χ2n) is 3.84. The van der Waals surface area contributed by atoms with Gasteiger partial charge in [-0.2, -0.15) is 0 Å². The highest BCUT2D eigenvalue weighted by molar-refractivity contribution is 5.91. The van der Waals surface area contributed by atoms with Gasteiger partial charge in [-0.05, 0) is 31.7 Å². The van der Waals surface area contributed by atoms with Gasteiger partial charge in [-0.25, -0.2) is 0 Å². The number of primary amides is 1. The molecule has 2 amide bonds. The van der Waals surface area contributed by atoms with Crippen LogP contribution in [0.15, 0.2) is 16.8 Å². The fraction of sp³-hybridized carbons (Fsp3) is 0.636. The highest BCUT2D eigenvalue weighted by atomic mass is 16.2. The first-order valence-corrected chi connectivity index (χ1v) is 5.82. The Morgan fingerprint density at radius 3 is 2.72 bits per heavy atom. The number of hydrogen-bond donors (Lipinski definition) is 2. The molecule has 0 aliphatic carbocycles. The summed E-state index contributed by atoms with van der Waals surface area (Å²) in [4.78, 5) is 24.2. The summed E-state index contributed by atoms with van der Waals surface area (Å²) >= 11 is 0. The van der Waals surface area contributed by atoms with E-state index in [1.54, 1.807) is 6.92 Å². The number of unbranched alkanes of at least 4 members (excludes halogenated alkanes) is 3. The molecule has 0 spiro atoms. The van der Waals surface area contributed by atoms with E-state index in [-0.39, 0.29) is 18.4 Å². The minimum Gasteiger partial charge on any atom is -0.366 e. The molecular formula is C11H19N5O2. The molecule has 0 aromatic rings. The van der Waals surface area contributed by atoms with E-state index in [4.69, 9.17) is 11.3 Å². The van der Waals surface area contributed by atoms with Gasteiger partial charge in [-0.1, -0.05) is 17.6 Å². The molecule has 0 atom stereocenters. The number of allylic oxidation sites excluding steroid dienone is 1. The predicted molar refractivity (Wildman–Crippen MR) is 68.4 cm³/mol. The molecule has 7 nitrogen and oxygen atoms in total. The third-order valence-corrected chi connectivity index (χ3v) is 2.32. The van der Waals surface area contributed by atoms with Crippen LogP contribution in [0.4, 0.5) is 0 Å². The van der Waals surface area contributed by atoms with Crippen LogP contribution in [-0.4, -0.2) is 24.9 Å². The zero-order valence-corrected chi connectivity index (χ0v) is 10.6. The van der Waals surface area contributed by atoms with Crippen molar-refractivity contribution in [2.24, 2.45) is 10.8 Å².